The number of aliphatic hydroxyl groups excluding tert-OH is 1. The van der Waals surface area contributed by atoms with Gasteiger partial charge in [-0.1, -0.05) is 343 Å². The molecule has 0 rings (SSSR count). The van der Waals surface area contributed by atoms with Gasteiger partial charge in [0.1, 0.15) is 19.3 Å². The molecule has 0 saturated carbocycles. The van der Waals surface area contributed by atoms with Crippen LogP contribution in [0.5, 0.6) is 0 Å². The number of carbonyl (C=O) groups is 4. The van der Waals surface area contributed by atoms with Crippen LogP contribution in [0.1, 0.15) is 394 Å². The molecule has 0 bridgehead atoms. The maximum absolute atomic E-state index is 13.1. The van der Waals surface area contributed by atoms with Gasteiger partial charge in [0.05, 0.1) is 26.4 Å². The van der Waals surface area contributed by atoms with E-state index in [4.69, 9.17) is 37.0 Å². The van der Waals surface area contributed by atoms with Gasteiger partial charge in [0, 0.05) is 25.7 Å². The molecule has 0 saturated heterocycles. The fourth-order valence-electron chi connectivity index (χ4n) is 11.5. The average molecular weight is 1380 g/mol. The fraction of sp³-hybridized carbons (Fsp3) is 0.947. The largest absolute Gasteiger partial charge is 0.472 e. The van der Waals surface area contributed by atoms with Crippen LogP contribution in [0.4, 0.5) is 0 Å². The van der Waals surface area contributed by atoms with Crippen LogP contribution in [-0.2, 0) is 65.4 Å². The van der Waals surface area contributed by atoms with Crippen molar-refractivity contribution in [2.45, 2.75) is 412 Å². The standard InChI is InChI=1S/C75H146O17P2/c1-6-9-12-15-18-21-24-26-27-28-30-36-41-46-51-56-61-75(80)92-71(65-86-73(78)59-54-49-44-39-34-32-31-33-37-42-47-52-57-68(4)5)67-90-94(83,84)88-63-69(76)62-87-93(81,82)89-66-70(64-85-72(77)58-53-48-43-38-23-20-17-14-11-8-3)91-74(79)60-55-50-45-40-35-29-25-22-19-16-13-10-7-2/h68-71,76H,6-67H2,1-5H3,(H,81,82)(H,83,84)/t69-,70+,71+/m0/s1. The summed E-state index contributed by atoms with van der Waals surface area (Å²) in [6.07, 6.45) is 56.7. The first-order valence-electron chi connectivity index (χ1n) is 39.1. The molecule has 0 radical (unpaired) electrons. The summed E-state index contributed by atoms with van der Waals surface area (Å²) in [6.45, 7) is 7.30. The number of ether oxygens (including phenoxy) is 4. The first kappa shape index (κ1) is 92.1. The molecule has 17 nitrogen and oxygen atoms in total. The third-order valence-electron chi connectivity index (χ3n) is 17.5. The summed E-state index contributed by atoms with van der Waals surface area (Å²) in [5.41, 5.74) is 0. The first-order valence-corrected chi connectivity index (χ1v) is 42.1. The van der Waals surface area contributed by atoms with E-state index in [1.807, 2.05) is 0 Å². The lowest BCUT2D eigenvalue weighted by Crippen LogP contribution is -2.30. The zero-order chi connectivity index (χ0) is 69.1. The number of phosphoric acid groups is 2. The predicted molar refractivity (Wildman–Crippen MR) is 382 cm³/mol. The Labute approximate surface area is 575 Å². The zero-order valence-electron chi connectivity index (χ0n) is 61.1. The van der Waals surface area contributed by atoms with Crippen LogP contribution in [0.3, 0.4) is 0 Å². The highest BCUT2D eigenvalue weighted by atomic mass is 31.2. The van der Waals surface area contributed by atoms with Gasteiger partial charge < -0.3 is 33.8 Å². The Kier molecular flexibility index (Phi) is 66.8. The highest BCUT2D eigenvalue weighted by Crippen LogP contribution is 2.45. The van der Waals surface area contributed by atoms with Crippen LogP contribution in [0.15, 0.2) is 0 Å². The van der Waals surface area contributed by atoms with Crippen LogP contribution in [0, 0.1) is 5.92 Å². The molecule has 0 aliphatic rings. The number of esters is 4. The molecule has 0 amide bonds. The molecule has 0 aromatic rings. The Hall–Kier alpha value is -1.94. The maximum Gasteiger partial charge on any atom is 0.472 e. The van der Waals surface area contributed by atoms with Crippen molar-refractivity contribution < 1.29 is 80.2 Å². The van der Waals surface area contributed by atoms with Crippen LogP contribution in [0.25, 0.3) is 0 Å². The van der Waals surface area contributed by atoms with E-state index in [1.165, 1.54) is 218 Å². The number of carbonyl (C=O) groups excluding carboxylic acids is 4. The first-order chi connectivity index (χ1) is 45.5. The lowest BCUT2D eigenvalue weighted by atomic mass is 10.0. The highest BCUT2D eigenvalue weighted by molar-refractivity contribution is 7.47. The molecule has 5 atom stereocenters. The van der Waals surface area contributed by atoms with Crippen molar-refractivity contribution in [1.82, 2.24) is 0 Å². The Morgan fingerprint density at radius 2 is 0.489 bits per heavy atom. The average Bonchev–Trinajstić information content (AvgIpc) is 2.80. The molecule has 94 heavy (non-hydrogen) atoms. The molecule has 0 fully saturated rings. The minimum Gasteiger partial charge on any atom is -0.462 e. The summed E-state index contributed by atoms with van der Waals surface area (Å²) in [4.78, 5) is 72.8. The summed E-state index contributed by atoms with van der Waals surface area (Å²) in [5, 5.41) is 10.6. The molecule has 2 unspecified atom stereocenters. The van der Waals surface area contributed by atoms with Gasteiger partial charge in [0.2, 0.25) is 0 Å². The van der Waals surface area contributed by atoms with Crippen LogP contribution >= 0.6 is 15.6 Å². The monoisotopic (exact) mass is 1380 g/mol. The molecule has 0 aromatic heterocycles. The number of unbranched alkanes of at least 4 members (excludes halogenated alkanes) is 47. The SMILES string of the molecule is CCCCCCCCCCCCCCCCCCC(=O)O[C@H](COC(=O)CCCCCCCCCCCCCCC(C)C)COP(=O)(O)OC[C@@H](O)COP(=O)(O)OC[C@@H](COC(=O)CCCCCCCCCCCC)OC(=O)CCCCCCCCCCCCCCC. The van der Waals surface area contributed by atoms with Crippen molar-refractivity contribution in [2.75, 3.05) is 39.6 Å². The summed E-state index contributed by atoms with van der Waals surface area (Å²) in [7, 11) is -9.91. The smallest absolute Gasteiger partial charge is 0.462 e. The van der Waals surface area contributed by atoms with E-state index in [2.05, 4.69) is 34.6 Å². The zero-order valence-corrected chi connectivity index (χ0v) is 62.9. The van der Waals surface area contributed by atoms with Crippen molar-refractivity contribution >= 4 is 39.5 Å². The molecular formula is C75H146O17P2. The van der Waals surface area contributed by atoms with Crippen molar-refractivity contribution in [3.8, 4) is 0 Å². The van der Waals surface area contributed by atoms with E-state index in [0.29, 0.717) is 25.7 Å². The van der Waals surface area contributed by atoms with Crippen LogP contribution in [0.2, 0.25) is 0 Å². The lowest BCUT2D eigenvalue weighted by molar-refractivity contribution is -0.161. The molecule has 0 spiro atoms. The fourth-order valence-corrected chi connectivity index (χ4v) is 13.1. The van der Waals surface area contributed by atoms with Crippen LogP contribution in [-0.4, -0.2) is 96.7 Å². The number of aliphatic hydroxyl groups is 1. The van der Waals surface area contributed by atoms with Gasteiger partial charge in [0.25, 0.3) is 0 Å². The normalized spacial score (nSPS) is 14.0. The van der Waals surface area contributed by atoms with Crippen molar-refractivity contribution in [3.63, 3.8) is 0 Å². The topological polar surface area (TPSA) is 237 Å². The molecule has 0 aromatic carbocycles. The van der Waals surface area contributed by atoms with E-state index in [-0.39, 0.29) is 25.7 Å². The summed E-state index contributed by atoms with van der Waals surface area (Å²) < 4.78 is 68.5. The number of rotatable bonds is 75. The van der Waals surface area contributed by atoms with Crippen molar-refractivity contribution in [3.05, 3.63) is 0 Å². The van der Waals surface area contributed by atoms with Gasteiger partial charge in [-0.15, -0.1) is 0 Å². The Morgan fingerprint density at radius 3 is 0.723 bits per heavy atom. The number of phosphoric ester groups is 2. The third kappa shape index (κ3) is 68.6. The third-order valence-corrected chi connectivity index (χ3v) is 19.4. The lowest BCUT2D eigenvalue weighted by Gasteiger charge is -2.21. The Bertz CT molecular complexity index is 1810. The number of hydrogen-bond acceptors (Lipinski definition) is 15. The van der Waals surface area contributed by atoms with E-state index >= 15 is 0 Å². The molecular weight excluding hydrogens is 1230 g/mol. The Balaban J connectivity index is 5.24. The molecule has 3 N–H and O–H groups in total. The predicted octanol–water partition coefficient (Wildman–Crippen LogP) is 22.1. The van der Waals surface area contributed by atoms with Crippen molar-refractivity contribution in [1.29, 1.82) is 0 Å². The molecule has 0 heterocycles. The van der Waals surface area contributed by atoms with E-state index in [0.717, 1.165) is 95.8 Å². The molecule has 0 aliphatic heterocycles. The van der Waals surface area contributed by atoms with Gasteiger partial charge in [-0.3, -0.25) is 37.3 Å². The summed E-state index contributed by atoms with van der Waals surface area (Å²) in [6, 6.07) is 0. The maximum atomic E-state index is 13.1. The van der Waals surface area contributed by atoms with E-state index in [9.17, 15) is 43.2 Å². The van der Waals surface area contributed by atoms with E-state index in [1.54, 1.807) is 0 Å². The van der Waals surface area contributed by atoms with Gasteiger partial charge in [-0.05, 0) is 31.6 Å². The second-order valence-corrected chi connectivity index (χ2v) is 30.4. The second kappa shape index (κ2) is 68.2. The molecule has 558 valence electrons. The van der Waals surface area contributed by atoms with Gasteiger partial charge in [0.15, 0.2) is 12.2 Å². The quantitative estimate of drug-likeness (QED) is 0.0222. The van der Waals surface area contributed by atoms with Crippen LogP contribution < -0.4 is 0 Å². The highest BCUT2D eigenvalue weighted by Gasteiger charge is 2.30. The minimum atomic E-state index is -4.96. The van der Waals surface area contributed by atoms with E-state index < -0.39 is 97.5 Å². The van der Waals surface area contributed by atoms with Gasteiger partial charge in [-0.2, -0.15) is 0 Å². The minimum absolute atomic E-state index is 0.108. The van der Waals surface area contributed by atoms with Gasteiger partial charge >= 0.3 is 39.5 Å². The molecule has 19 heteroatoms. The van der Waals surface area contributed by atoms with Gasteiger partial charge in [-0.25, -0.2) is 9.13 Å². The summed E-state index contributed by atoms with van der Waals surface area (Å²) in [5.74, 6) is -1.33. The van der Waals surface area contributed by atoms with Crippen molar-refractivity contribution in [2.24, 2.45) is 5.92 Å². The summed E-state index contributed by atoms with van der Waals surface area (Å²) >= 11 is 0. The second-order valence-electron chi connectivity index (χ2n) is 27.5. The Morgan fingerprint density at radius 1 is 0.287 bits per heavy atom. The number of hydrogen-bond donors (Lipinski definition) is 3. The molecule has 0 aliphatic carbocycles.